The predicted molar refractivity (Wildman–Crippen MR) is 97.0 cm³/mol. The van der Waals surface area contributed by atoms with Gasteiger partial charge in [-0.05, 0) is 37.1 Å². The summed E-state index contributed by atoms with van der Waals surface area (Å²) in [5, 5.41) is 6.59. The van der Waals surface area contributed by atoms with Gasteiger partial charge in [0, 0.05) is 26.1 Å². The van der Waals surface area contributed by atoms with Crippen molar-refractivity contribution in [3.8, 4) is 0 Å². The van der Waals surface area contributed by atoms with Crippen LogP contribution in [-0.4, -0.2) is 25.7 Å². The lowest BCUT2D eigenvalue weighted by Crippen LogP contribution is -2.38. The Hall–Kier alpha value is -2.27. The molecule has 5 heteroatoms. The molecule has 0 aliphatic rings. The maximum Gasteiger partial charge on any atom is 0.191 e. The van der Waals surface area contributed by atoms with Crippen molar-refractivity contribution in [2.24, 2.45) is 4.99 Å². The highest BCUT2D eigenvalue weighted by Crippen LogP contribution is 2.07. The van der Waals surface area contributed by atoms with Crippen molar-refractivity contribution < 1.29 is 9.15 Å². The van der Waals surface area contributed by atoms with Crippen LogP contribution in [0.25, 0.3) is 0 Å². The number of hydrogen-bond donors (Lipinski definition) is 2. The number of aliphatic imine (C=N–C) groups is 1. The second-order valence-corrected chi connectivity index (χ2v) is 5.40. The van der Waals surface area contributed by atoms with Crippen LogP contribution in [0.1, 0.15) is 30.7 Å². The molecule has 1 aromatic heterocycles. The third-order valence-electron chi connectivity index (χ3n) is 3.50. The van der Waals surface area contributed by atoms with E-state index in [4.69, 9.17) is 9.15 Å². The monoisotopic (exact) mass is 329 g/mol. The van der Waals surface area contributed by atoms with Gasteiger partial charge >= 0.3 is 0 Å². The molecule has 24 heavy (non-hydrogen) atoms. The maximum atomic E-state index is 5.41. The first-order valence-electron chi connectivity index (χ1n) is 8.52. The Bertz CT molecular complexity index is 592. The van der Waals surface area contributed by atoms with Gasteiger partial charge in [-0.2, -0.15) is 0 Å². The Morgan fingerprint density at radius 3 is 2.54 bits per heavy atom. The summed E-state index contributed by atoms with van der Waals surface area (Å²) in [4.78, 5) is 4.63. The van der Waals surface area contributed by atoms with E-state index in [9.17, 15) is 0 Å². The molecule has 0 aliphatic heterocycles. The highest BCUT2D eigenvalue weighted by Gasteiger charge is 2.00. The fourth-order valence-corrected chi connectivity index (χ4v) is 2.23. The van der Waals surface area contributed by atoms with E-state index >= 15 is 0 Å². The second kappa shape index (κ2) is 10.5. The number of benzene rings is 1. The summed E-state index contributed by atoms with van der Waals surface area (Å²) >= 11 is 0. The first-order valence-corrected chi connectivity index (χ1v) is 8.52. The van der Waals surface area contributed by atoms with Crippen LogP contribution in [0.2, 0.25) is 0 Å². The molecule has 130 valence electrons. The van der Waals surface area contributed by atoms with Crippen molar-refractivity contribution in [3.63, 3.8) is 0 Å². The molecule has 1 heterocycles. The minimum atomic E-state index is 0.644. The molecular weight excluding hydrogens is 302 g/mol. The first kappa shape index (κ1) is 18.1. The number of hydrogen-bond acceptors (Lipinski definition) is 3. The molecule has 2 aromatic rings. The molecule has 2 N–H and O–H groups in total. The number of ether oxygens (including phenoxy) is 1. The average molecular weight is 329 g/mol. The van der Waals surface area contributed by atoms with Crippen molar-refractivity contribution in [3.05, 3.63) is 59.5 Å². The Morgan fingerprint density at radius 2 is 1.88 bits per heavy atom. The summed E-state index contributed by atoms with van der Waals surface area (Å²) in [5.74, 6) is 1.80. The van der Waals surface area contributed by atoms with E-state index in [0.717, 1.165) is 37.8 Å². The Morgan fingerprint density at radius 1 is 1.08 bits per heavy atom. The lowest BCUT2D eigenvalue weighted by atomic mass is 10.1. The molecule has 2 rings (SSSR count). The lowest BCUT2D eigenvalue weighted by molar-refractivity contribution is 0.134. The topological polar surface area (TPSA) is 58.8 Å². The number of rotatable bonds is 9. The SMILES string of the molecule is CCNC(=NCc1ccc(COCC)cc1)NCCc1ccco1. The largest absolute Gasteiger partial charge is 0.469 e. The van der Waals surface area contributed by atoms with E-state index in [-0.39, 0.29) is 0 Å². The van der Waals surface area contributed by atoms with Crippen molar-refractivity contribution in [2.45, 2.75) is 33.4 Å². The molecule has 0 radical (unpaired) electrons. The van der Waals surface area contributed by atoms with Crippen LogP contribution in [0.4, 0.5) is 0 Å². The smallest absolute Gasteiger partial charge is 0.191 e. The van der Waals surface area contributed by atoms with E-state index in [0.29, 0.717) is 13.2 Å². The van der Waals surface area contributed by atoms with E-state index in [1.54, 1.807) is 6.26 Å². The summed E-state index contributed by atoms with van der Waals surface area (Å²) in [6.45, 7) is 7.73. The van der Waals surface area contributed by atoms with Gasteiger partial charge < -0.3 is 19.8 Å². The minimum absolute atomic E-state index is 0.644. The summed E-state index contributed by atoms with van der Waals surface area (Å²) in [6.07, 6.45) is 2.54. The van der Waals surface area contributed by atoms with Crippen molar-refractivity contribution in [1.82, 2.24) is 10.6 Å². The third kappa shape index (κ3) is 6.46. The van der Waals surface area contributed by atoms with Crippen molar-refractivity contribution in [1.29, 1.82) is 0 Å². The molecule has 0 atom stereocenters. The Labute approximate surface area is 144 Å². The van der Waals surface area contributed by atoms with Gasteiger partial charge in [-0.25, -0.2) is 4.99 Å². The van der Waals surface area contributed by atoms with Gasteiger partial charge in [0.05, 0.1) is 19.4 Å². The zero-order valence-corrected chi connectivity index (χ0v) is 14.5. The van der Waals surface area contributed by atoms with Gasteiger partial charge in [0.25, 0.3) is 0 Å². The number of guanidine groups is 1. The second-order valence-electron chi connectivity index (χ2n) is 5.40. The van der Waals surface area contributed by atoms with Crippen molar-refractivity contribution in [2.75, 3.05) is 19.7 Å². The first-order chi connectivity index (χ1) is 11.8. The van der Waals surface area contributed by atoms with Gasteiger partial charge in [-0.3, -0.25) is 0 Å². The summed E-state index contributed by atoms with van der Waals surface area (Å²) in [5.41, 5.74) is 2.37. The molecule has 0 amide bonds. The minimum Gasteiger partial charge on any atom is -0.469 e. The van der Waals surface area contributed by atoms with Gasteiger partial charge in [-0.1, -0.05) is 24.3 Å². The molecule has 0 aliphatic carbocycles. The zero-order chi connectivity index (χ0) is 17.0. The van der Waals surface area contributed by atoms with Crippen LogP contribution in [0.15, 0.2) is 52.1 Å². The molecule has 0 bridgehead atoms. The normalized spacial score (nSPS) is 11.5. The van der Waals surface area contributed by atoms with Crippen LogP contribution in [0, 0.1) is 0 Å². The molecule has 1 aromatic carbocycles. The number of nitrogens with one attached hydrogen (secondary N) is 2. The number of furan rings is 1. The molecule has 5 nitrogen and oxygen atoms in total. The van der Waals surface area contributed by atoms with Gasteiger partial charge in [-0.15, -0.1) is 0 Å². The molecular formula is C19H27N3O2. The third-order valence-corrected chi connectivity index (χ3v) is 3.50. The van der Waals surface area contributed by atoms with E-state index in [1.165, 1.54) is 11.1 Å². The fraction of sp³-hybridized carbons (Fsp3) is 0.421. The molecule has 0 fully saturated rings. The van der Waals surface area contributed by atoms with E-state index in [2.05, 4.69) is 46.8 Å². The average Bonchev–Trinajstić information content (AvgIpc) is 3.12. The summed E-state index contributed by atoms with van der Waals surface area (Å²) in [6, 6.07) is 12.3. The summed E-state index contributed by atoms with van der Waals surface area (Å²) in [7, 11) is 0. The van der Waals surface area contributed by atoms with Gasteiger partial charge in [0.2, 0.25) is 0 Å². The standard InChI is InChI=1S/C19H27N3O2/c1-3-20-19(21-12-11-18-6-5-13-24-18)22-14-16-7-9-17(10-8-16)15-23-4-2/h5-10,13H,3-4,11-12,14-15H2,1-2H3,(H2,20,21,22). The van der Waals surface area contributed by atoms with Gasteiger partial charge in [0.1, 0.15) is 5.76 Å². The molecule has 0 saturated heterocycles. The highest BCUT2D eigenvalue weighted by atomic mass is 16.5. The van der Waals surface area contributed by atoms with Crippen LogP contribution in [0.3, 0.4) is 0 Å². The molecule has 0 saturated carbocycles. The quantitative estimate of drug-likeness (QED) is 0.548. The number of nitrogens with zero attached hydrogens (tertiary/aromatic N) is 1. The summed E-state index contributed by atoms with van der Waals surface area (Å²) < 4.78 is 10.7. The lowest BCUT2D eigenvalue weighted by Gasteiger charge is -2.11. The van der Waals surface area contributed by atoms with Crippen LogP contribution < -0.4 is 10.6 Å². The molecule has 0 unspecified atom stereocenters. The Kier molecular flexibility index (Phi) is 7.90. The maximum absolute atomic E-state index is 5.41. The highest BCUT2D eigenvalue weighted by molar-refractivity contribution is 5.79. The van der Waals surface area contributed by atoms with E-state index < -0.39 is 0 Å². The van der Waals surface area contributed by atoms with Crippen LogP contribution in [0.5, 0.6) is 0 Å². The fourth-order valence-electron chi connectivity index (χ4n) is 2.23. The van der Waals surface area contributed by atoms with Crippen molar-refractivity contribution >= 4 is 5.96 Å². The van der Waals surface area contributed by atoms with Crippen LogP contribution >= 0.6 is 0 Å². The Balaban J connectivity index is 1.82. The van der Waals surface area contributed by atoms with Crippen LogP contribution in [-0.2, 0) is 24.3 Å². The predicted octanol–water partition coefficient (Wildman–Crippen LogP) is 3.11. The zero-order valence-electron chi connectivity index (χ0n) is 14.5. The van der Waals surface area contributed by atoms with E-state index in [1.807, 2.05) is 19.1 Å². The molecule has 0 spiro atoms. The van der Waals surface area contributed by atoms with Gasteiger partial charge in [0.15, 0.2) is 5.96 Å².